The summed E-state index contributed by atoms with van der Waals surface area (Å²) < 4.78 is 11.7. The molecule has 3 heterocycles. The van der Waals surface area contributed by atoms with Crippen LogP contribution in [0.1, 0.15) is 25.0 Å². The van der Waals surface area contributed by atoms with E-state index in [1.807, 2.05) is 54.6 Å². The van der Waals surface area contributed by atoms with E-state index in [0.29, 0.717) is 18.2 Å². The number of carboxylic acid groups (broad SMARTS) is 1. The molecule has 5 rings (SSSR count). The molecule has 4 aromatic rings. The zero-order valence-electron chi connectivity index (χ0n) is 19.8. The van der Waals surface area contributed by atoms with Crippen molar-refractivity contribution < 1.29 is 19.1 Å². The summed E-state index contributed by atoms with van der Waals surface area (Å²) in [4.78, 5) is 22.5. The van der Waals surface area contributed by atoms with Crippen molar-refractivity contribution in [3.05, 3.63) is 66.6 Å². The molecule has 0 unspecified atom stereocenters. The molecule has 0 radical (unpaired) electrons. The molecular weight excluding hydrogens is 442 g/mol. The second-order valence-corrected chi connectivity index (χ2v) is 9.06. The van der Waals surface area contributed by atoms with Gasteiger partial charge < -0.3 is 19.2 Å². The molecule has 1 saturated heterocycles. The van der Waals surface area contributed by atoms with E-state index in [9.17, 15) is 4.79 Å². The number of aromatic nitrogens is 2. The number of piperidine rings is 1. The van der Waals surface area contributed by atoms with Gasteiger partial charge in [-0.2, -0.15) is 0 Å². The molecule has 180 valence electrons. The average Bonchev–Trinajstić information content (AvgIpc) is 3.29. The predicted octanol–water partition coefficient (Wildman–Crippen LogP) is 5.29. The van der Waals surface area contributed by atoms with Crippen LogP contribution in [0.15, 0.2) is 65.3 Å². The Balaban J connectivity index is 1.55. The van der Waals surface area contributed by atoms with Gasteiger partial charge in [-0.25, -0.2) is 9.97 Å². The summed E-state index contributed by atoms with van der Waals surface area (Å²) in [5, 5.41) is 10.0. The van der Waals surface area contributed by atoms with Crippen LogP contribution < -0.4 is 4.74 Å². The first-order valence-electron chi connectivity index (χ1n) is 12.0. The quantitative estimate of drug-likeness (QED) is 0.373. The minimum absolute atomic E-state index is 0.175. The monoisotopic (exact) mass is 471 g/mol. The number of methoxy groups -OCH3 is 1. The van der Waals surface area contributed by atoms with E-state index in [1.54, 1.807) is 13.4 Å². The second kappa shape index (κ2) is 10.3. The second-order valence-electron chi connectivity index (χ2n) is 9.06. The first-order valence-corrected chi connectivity index (χ1v) is 12.0. The minimum Gasteiger partial charge on any atom is -0.497 e. The molecule has 0 spiro atoms. The molecule has 2 aromatic heterocycles. The van der Waals surface area contributed by atoms with E-state index in [0.717, 1.165) is 71.6 Å². The summed E-state index contributed by atoms with van der Waals surface area (Å²) in [5.74, 6) is 1.22. The molecule has 7 heteroatoms. The van der Waals surface area contributed by atoms with Crippen LogP contribution in [0.3, 0.4) is 0 Å². The highest BCUT2D eigenvalue weighted by Crippen LogP contribution is 2.42. The number of ether oxygens (including phenoxy) is 1. The van der Waals surface area contributed by atoms with Gasteiger partial charge in [0.2, 0.25) is 5.71 Å². The fraction of sp³-hybridized carbons (Fsp3) is 0.321. The fourth-order valence-electron chi connectivity index (χ4n) is 5.02. The highest BCUT2D eigenvalue weighted by Gasteiger charge is 2.26. The smallest absolute Gasteiger partial charge is 0.304 e. The van der Waals surface area contributed by atoms with Gasteiger partial charge in [0.05, 0.1) is 24.6 Å². The van der Waals surface area contributed by atoms with Crippen LogP contribution in [0, 0.1) is 5.92 Å². The van der Waals surface area contributed by atoms with E-state index in [2.05, 4.69) is 9.88 Å². The third-order valence-corrected chi connectivity index (χ3v) is 6.71. The Labute approximate surface area is 204 Å². The Bertz CT molecular complexity index is 1300. The molecule has 35 heavy (non-hydrogen) atoms. The SMILES string of the molecule is COc1ccc(-c2c(-c3ccccc3)oc3ncnc(C[C@H]4CCCN(CCC(=O)O)C4)c23)cc1. The summed E-state index contributed by atoms with van der Waals surface area (Å²) in [6.07, 6.45) is 4.70. The largest absolute Gasteiger partial charge is 0.497 e. The zero-order valence-corrected chi connectivity index (χ0v) is 19.8. The van der Waals surface area contributed by atoms with E-state index in [-0.39, 0.29) is 6.42 Å². The fourth-order valence-corrected chi connectivity index (χ4v) is 5.02. The van der Waals surface area contributed by atoms with Crippen molar-refractivity contribution in [2.24, 2.45) is 5.92 Å². The van der Waals surface area contributed by atoms with Crippen LogP contribution in [0.2, 0.25) is 0 Å². The summed E-state index contributed by atoms with van der Waals surface area (Å²) in [6.45, 7) is 2.41. The maximum atomic E-state index is 11.0. The number of benzene rings is 2. The number of aliphatic carboxylic acids is 1. The summed E-state index contributed by atoms with van der Waals surface area (Å²) >= 11 is 0. The van der Waals surface area contributed by atoms with E-state index < -0.39 is 5.97 Å². The van der Waals surface area contributed by atoms with E-state index in [4.69, 9.17) is 19.2 Å². The van der Waals surface area contributed by atoms with Gasteiger partial charge in [0.1, 0.15) is 17.8 Å². The number of hydrogen-bond donors (Lipinski definition) is 1. The molecule has 1 fully saturated rings. The zero-order chi connectivity index (χ0) is 24.2. The molecular formula is C28H29N3O4. The Morgan fingerprint density at radius 3 is 2.66 bits per heavy atom. The molecule has 0 amide bonds. The first kappa shape index (κ1) is 23.1. The van der Waals surface area contributed by atoms with Crippen molar-refractivity contribution in [2.45, 2.75) is 25.7 Å². The number of rotatable bonds is 8. The van der Waals surface area contributed by atoms with Crippen molar-refractivity contribution in [3.8, 4) is 28.2 Å². The number of nitrogens with zero attached hydrogens (tertiary/aromatic N) is 3. The van der Waals surface area contributed by atoms with Gasteiger partial charge in [-0.1, -0.05) is 42.5 Å². The van der Waals surface area contributed by atoms with Crippen molar-refractivity contribution in [1.29, 1.82) is 0 Å². The topological polar surface area (TPSA) is 88.7 Å². The van der Waals surface area contributed by atoms with Gasteiger partial charge in [-0.15, -0.1) is 0 Å². The number of fused-ring (bicyclic) bond motifs is 1. The van der Waals surface area contributed by atoms with Crippen molar-refractivity contribution in [2.75, 3.05) is 26.7 Å². The molecule has 0 saturated carbocycles. The molecule has 1 N–H and O–H groups in total. The predicted molar refractivity (Wildman–Crippen MR) is 134 cm³/mol. The molecule has 0 bridgehead atoms. The number of carboxylic acids is 1. The van der Waals surface area contributed by atoms with Crippen molar-refractivity contribution in [1.82, 2.24) is 14.9 Å². The van der Waals surface area contributed by atoms with Crippen LogP contribution in [-0.4, -0.2) is 52.7 Å². The van der Waals surface area contributed by atoms with Gasteiger partial charge in [-0.05, 0) is 49.4 Å². The molecule has 7 nitrogen and oxygen atoms in total. The molecule has 2 aromatic carbocycles. The van der Waals surface area contributed by atoms with Crippen LogP contribution in [0.4, 0.5) is 0 Å². The lowest BCUT2D eigenvalue weighted by molar-refractivity contribution is -0.137. The number of likely N-dealkylation sites (tertiary alicyclic amines) is 1. The maximum absolute atomic E-state index is 11.0. The lowest BCUT2D eigenvalue weighted by Gasteiger charge is -2.32. The standard InChI is InChI=1S/C28H29N3O4/c1-34-22-11-9-20(10-12-22)25-26-23(16-19-6-5-14-31(17-19)15-13-24(32)33)29-18-30-28(26)35-27(25)21-7-3-2-4-8-21/h2-4,7-12,18-19H,5-6,13-17H2,1H3,(H,32,33)/t19-/m1/s1. The van der Waals surface area contributed by atoms with Crippen molar-refractivity contribution >= 4 is 17.1 Å². The van der Waals surface area contributed by atoms with Crippen molar-refractivity contribution in [3.63, 3.8) is 0 Å². The van der Waals surface area contributed by atoms with Gasteiger partial charge in [0.15, 0.2) is 0 Å². The van der Waals surface area contributed by atoms with Crippen LogP contribution in [0.25, 0.3) is 33.6 Å². The highest BCUT2D eigenvalue weighted by atomic mass is 16.5. The number of furan rings is 1. The Morgan fingerprint density at radius 1 is 1.11 bits per heavy atom. The lowest BCUT2D eigenvalue weighted by Crippen LogP contribution is -2.37. The third kappa shape index (κ3) is 5.05. The van der Waals surface area contributed by atoms with Gasteiger partial charge >= 0.3 is 5.97 Å². The first-order chi connectivity index (χ1) is 17.1. The Hall–Kier alpha value is -3.71. The summed E-state index contributed by atoms with van der Waals surface area (Å²) in [7, 11) is 1.66. The van der Waals surface area contributed by atoms with E-state index in [1.165, 1.54) is 0 Å². The van der Waals surface area contributed by atoms with E-state index >= 15 is 0 Å². The average molecular weight is 472 g/mol. The Morgan fingerprint density at radius 2 is 1.91 bits per heavy atom. The summed E-state index contributed by atoms with van der Waals surface area (Å²) in [5.41, 5.74) is 4.55. The molecule has 1 aliphatic rings. The molecule has 0 aliphatic carbocycles. The molecule has 1 aliphatic heterocycles. The number of hydrogen-bond acceptors (Lipinski definition) is 6. The van der Waals surface area contributed by atoms with Gasteiger partial charge in [0, 0.05) is 24.2 Å². The molecule has 1 atom stereocenters. The third-order valence-electron chi connectivity index (χ3n) is 6.71. The number of carbonyl (C=O) groups is 1. The van der Waals surface area contributed by atoms with Gasteiger partial charge in [-0.3, -0.25) is 4.79 Å². The van der Waals surface area contributed by atoms with Crippen LogP contribution >= 0.6 is 0 Å². The highest BCUT2D eigenvalue weighted by molar-refractivity contribution is 6.01. The maximum Gasteiger partial charge on any atom is 0.304 e. The Kier molecular flexibility index (Phi) is 6.77. The van der Waals surface area contributed by atoms with Gasteiger partial charge in [0.25, 0.3) is 0 Å². The lowest BCUT2D eigenvalue weighted by atomic mass is 9.90. The normalized spacial score (nSPS) is 16.4. The van der Waals surface area contributed by atoms with Crippen LogP contribution in [-0.2, 0) is 11.2 Å². The van der Waals surface area contributed by atoms with Crippen LogP contribution in [0.5, 0.6) is 5.75 Å². The minimum atomic E-state index is -0.749. The summed E-state index contributed by atoms with van der Waals surface area (Å²) in [6, 6.07) is 18.1.